The van der Waals surface area contributed by atoms with Gasteiger partial charge in [0.05, 0.1) is 11.7 Å². The molecule has 5 heteroatoms. The molecule has 0 radical (unpaired) electrons. The maximum atomic E-state index is 13.2. The van der Waals surface area contributed by atoms with Crippen LogP contribution < -0.4 is 11.1 Å². The molecular formula is C11H15FN2O2. The Labute approximate surface area is 93.3 Å². The topological polar surface area (TPSA) is 75.3 Å². The second kappa shape index (κ2) is 5.58. The second-order valence-corrected chi connectivity index (χ2v) is 3.59. The molecule has 0 saturated carbocycles. The SMILES string of the molecule is CC(O)C(N)CNC(=O)c1ccccc1F. The van der Waals surface area contributed by atoms with E-state index in [4.69, 9.17) is 10.8 Å². The molecule has 4 N–H and O–H groups in total. The largest absolute Gasteiger partial charge is 0.392 e. The maximum Gasteiger partial charge on any atom is 0.254 e. The van der Waals surface area contributed by atoms with Gasteiger partial charge in [-0.2, -0.15) is 0 Å². The van der Waals surface area contributed by atoms with Crippen LogP contribution in [0, 0.1) is 5.82 Å². The summed E-state index contributed by atoms with van der Waals surface area (Å²) >= 11 is 0. The molecule has 1 aromatic carbocycles. The number of amides is 1. The first-order valence-electron chi connectivity index (χ1n) is 4.98. The van der Waals surface area contributed by atoms with Crippen molar-refractivity contribution in [2.24, 2.45) is 5.73 Å². The number of carbonyl (C=O) groups excluding carboxylic acids is 1. The molecule has 0 aliphatic rings. The number of nitrogens with one attached hydrogen (secondary N) is 1. The summed E-state index contributed by atoms with van der Waals surface area (Å²) in [4.78, 5) is 11.5. The summed E-state index contributed by atoms with van der Waals surface area (Å²) in [6.45, 7) is 1.63. The lowest BCUT2D eigenvalue weighted by Gasteiger charge is -2.15. The van der Waals surface area contributed by atoms with E-state index in [-0.39, 0.29) is 12.1 Å². The minimum atomic E-state index is -0.721. The molecule has 1 rings (SSSR count). The van der Waals surface area contributed by atoms with Crippen molar-refractivity contribution < 1.29 is 14.3 Å². The average Bonchev–Trinajstić information content (AvgIpc) is 2.25. The molecule has 4 nitrogen and oxygen atoms in total. The van der Waals surface area contributed by atoms with Gasteiger partial charge in [0, 0.05) is 12.6 Å². The highest BCUT2D eigenvalue weighted by molar-refractivity contribution is 5.94. The fraction of sp³-hybridized carbons (Fsp3) is 0.364. The van der Waals surface area contributed by atoms with Crippen LogP contribution in [0.15, 0.2) is 24.3 Å². The van der Waals surface area contributed by atoms with Crippen LogP contribution in [0.2, 0.25) is 0 Å². The van der Waals surface area contributed by atoms with Crippen LogP contribution in [0.5, 0.6) is 0 Å². The van der Waals surface area contributed by atoms with Gasteiger partial charge < -0.3 is 16.2 Å². The van der Waals surface area contributed by atoms with Crippen LogP contribution in [0.25, 0.3) is 0 Å². The van der Waals surface area contributed by atoms with Crippen LogP contribution >= 0.6 is 0 Å². The third-order valence-corrected chi connectivity index (χ3v) is 2.24. The minimum Gasteiger partial charge on any atom is -0.392 e. The minimum absolute atomic E-state index is 0.0275. The van der Waals surface area contributed by atoms with Gasteiger partial charge in [-0.25, -0.2) is 4.39 Å². The van der Waals surface area contributed by atoms with Crippen molar-refractivity contribution >= 4 is 5.91 Å². The number of halogens is 1. The predicted molar refractivity (Wildman–Crippen MR) is 58.4 cm³/mol. The van der Waals surface area contributed by atoms with Crippen LogP contribution in [-0.4, -0.2) is 29.7 Å². The maximum absolute atomic E-state index is 13.2. The first kappa shape index (κ1) is 12.6. The van der Waals surface area contributed by atoms with Gasteiger partial charge in [-0.3, -0.25) is 4.79 Å². The number of aliphatic hydroxyl groups excluding tert-OH is 1. The highest BCUT2D eigenvalue weighted by Gasteiger charge is 2.13. The molecule has 0 aliphatic heterocycles. The van der Waals surface area contributed by atoms with Crippen molar-refractivity contribution in [3.05, 3.63) is 35.6 Å². The van der Waals surface area contributed by atoms with E-state index in [9.17, 15) is 9.18 Å². The molecule has 0 saturated heterocycles. The molecular weight excluding hydrogens is 211 g/mol. The highest BCUT2D eigenvalue weighted by atomic mass is 19.1. The highest BCUT2D eigenvalue weighted by Crippen LogP contribution is 2.05. The number of aliphatic hydroxyl groups is 1. The number of rotatable bonds is 4. The fourth-order valence-corrected chi connectivity index (χ4v) is 1.12. The van der Waals surface area contributed by atoms with E-state index >= 15 is 0 Å². The smallest absolute Gasteiger partial charge is 0.254 e. The summed E-state index contributed by atoms with van der Waals surface area (Å²) in [7, 11) is 0. The normalized spacial score (nSPS) is 14.2. The Bertz CT molecular complexity index is 369. The standard InChI is InChI=1S/C11H15FN2O2/c1-7(15)10(13)6-14-11(16)8-4-2-3-5-9(8)12/h2-5,7,10,15H,6,13H2,1H3,(H,14,16). The molecule has 0 aliphatic carbocycles. The van der Waals surface area contributed by atoms with E-state index in [2.05, 4.69) is 5.32 Å². The molecule has 0 spiro atoms. The van der Waals surface area contributed by atoms with Gasteiger partial charge in [0.25, 0.3) is 5.91 Å². The second-order valence-electron chi connectivity index (χ2n) is 3.59. The number of carbonyl (C=O) groups is 1. The summed E-state index contributed by atoms with van der Waals surface area (Å²) < 4.78 is 13.2. The van der Waals surface area contributed by atoms with Gasteiger partial charge >= 0.3 is 0 Å². The number of benzene rings is 1. The lowest BCUT2D eigenvalue weighted by atomic mass is 10.1. The Kier molecular flexibility index (Phi) is 4.39. The number of hydrogen-bond acceptors (Lipinski definition) is 3. The first-order valence-corrected chi connectivity index (χ1v) is 4.98. The van der Waals surface area contributed by atoms with Crippen LogP contribution in [0.4, 0.5) is 4.39 Å². The fourth-order valence-electron chi connectivity index (χ4n) is 1.12. The van der Waals surface area contributed by atoms with Crippen molar-refractivity contribution in [3.8, 4) is 0 Å². The monoisotopic (exact) mass is 226 g/mol. The Morgan fingerprint density at radius 3 is 2.75 bits per heavy atom. The van der Waals surface area contributed by atoms with Crippen molar-refractivity contribution in [2.45, 2.75) is 19.1 Å². The molecule has 1 aromatic rings. The van der Waals surface area contributed by atoms with Gasteiger partial charge in [-0.1, -0.05) is 12.1 Å². The van der Waals surface area contributed by atoms with E-state index in [1.165, 1.54) is 25.1 Å². The quantitative estimate of drug-likeness (QED) is 0.689. The van der Waals surface area contributed by atoms with Crippen molar-refractivity contribution in [2.75, 3.05) is 6.54 Å². The molecule has 0 heterocycles. The average molecular weight is 226 g/mol. The third kappa shape index (κ3) is 3.29. The van der Waals surface area contributed by atoms with E-state index in [0.717, 1.165) is 0 Å². The van der Waals surface area contributed by atoms with E-state index < -0.39 is 23.9 Å². The molecule has 88 valence electrons. The third-order valence-electron chi connectivity index (χ3n) is 2.24. The van der Waals surface area contributed by atoms with E-state index in [0.29, 0.717) is 0 Å². The summed E-state index contributed by atoms with van der Waals surface area (Å²) in [5, 5.41) is 11.6. The first-order chi connectivity index (χ1) is 7.52. The van der Waals surface area contributed by atoms with Crippen LogP contribution in [0.3, 0.4) is 0 Å². The molecule has 0 aromatic heterocycles. The molecule has 2 unspecified atom stereocenters. The van der Waals surface area contributed by atoms with E-state index in [1.54, 1.807) is 6.07 Å². The van der Waals surface area contributed by atoms with Gasteiger partial charge in [-0.05, 0) is 19.1 Å². The summed E-state index contributed by atoms with van der Waals surface area (Å²) in [6.07, 6.45) is -0.721. The number of nitrogens with two attached hydrogens (primary N) is 1. The number of hydrogen-bond donors (Lipinski definition) is 3. The lowest BCUT2D eigenvalue weighted by molar-refractivity contribution is 0.0933. The summed E-state index contributed by atoms with van der Waals surface area (Å²) in [5.74, 6) is -1.11. The summed E-state index contributed by atoms with van der Waals surface area (Å²) in [5.41, 5.74) is 5.49. The molecule has 16 heavy (non-hydrogen) atoms. The zero-order chi connectivity index (χ0) is 12.1. The zero-order valence-electron chi connectivity index (χ0n) is 8.98. The van der Waals surface area contributed by atoms with Crippen molar-refractivity contribution in [3.63, 3.8) is 0 Å². The Balaban J connectivity index is 2.57. The molecule has 0 bridgehead atoms. The summed E-state index contributed by atoms with van der Waals surface area (Å²) in [6, 6.07) is 5.12. The zero-order valence-corrected chi connectivity index (χ0v) is 8.98. The van der Waals surface area contributed by atoms with Crippen molar-refractivity contribution in [1.82, 2.24) is 5.32 Å². The van der Waals surface area contributed by atoms with Crippen LogP contribution in [-0.2, 0) is 0 Å². The Morgan fingerprint density at radius 1 is 1.56 bits per heavy atom. The van der Waals surface area contributed by atoms with Gasteiger partial charge in [0.15, 0.2) is 0 Å². The van der Waals surface area contributed by atoms with Gasteiger partial charge in [-0.15, -0.1) is 0 Å². The lowest BCUT2D eigenvalue weighted by Crippen LogP contribution is -2.43. The Morgan fingerprint density at radius 2 is 2.19 bits per heavy atom. The van der Waals surface area contributed by atoms with Gasteiger partial charge in [0.1, 0.15) is 5.82 Å². The van der Waals surface area contributed by atoms with E-state index in [1.807, 2.05) is 0 Å². The van der Waals surface area contributed by atoms with Gasteiger partial charge in [0.2, 0.25) is 0 Å². The molecule has 1 amide bonds. The van der Waals surface area contributed by atoms with Crippen molar-refractivity contribution in [1.29, 1.82) is 0 Å². The van der Waals surface area contributed by atoms with Crippen LogP contribution in [0.1, 0.15) is 17.3 Å². The predicted octanol–water partition coefficient (Wildman–Crippen LogP) is 0.264. The molecule has 0 fully saturated rings. The molecule has 2 atom stereocenters. The Hall–Kier alpha value is -1.46.